The van der Waals surface area contributed by atoms with Crippen LogP contribution in [0.2, 0.25) is 0 Å². The third-order valence-electron chi connectivity index (χ3n) is 1.61. The highest BCUT2D eigenvalue weighted by atomic mass is 16.6. The molecule has 1 N–H and O–H groups in total. The molecule has 0 aliphatic carbocycles. The minimum Gasteiger partial charge on any atom is -0.458 e. The molecule has 1 aromatic rings. The van der Waals surface area contributed by atoms with E-state index in [1.165, 1.54) is 0 Å². The molecule has 0 fully saturated rings. The zero-order chi connectivity index (χ0) is 12.0. The van der Waals surface area contributed by atoms with Gasteiger partial charge in [-0.15, -0.1) is 5.10 Å². The predicted molar refractivity (Wildman–Crippen MR) is 56.8 cm³/mol. The number of hydrogen-bond donors (Lipinski definition) is 1. The Morgan fingerprint density at radius 3 is 2.81 bits per heavy atom. The Bertz CT molecular complexity index is 317. The highest BCUT2D eigenvalue weighted by Gasteiger charge is 2.15. The Balaban J connectivity index is 2.09. The van der Waals surface area contributed by atoms with Crippen LogP contribution in [0.1, 0.15) is 26.5 Å². The van der Waals surface area contributed by atoms with E-state index >= 15 is 0 Å². The number of ether oxygens (including phenoxy) is 2. The van der Waals surface area contributed by atoms with E-state index < -0.39 is 5.60 Å². The van der Waals surface area contributed by atoms with Crippen molar-refractivity contribution in [2.75, 3.05) is 13.2 Å². The van der Waals surface area contributed by atoms with E-state index in [2.05, 4.69) is 15.4 Å². The van der Waals surface area contributed by atoms with Crippen molar-refractivity contribution in [2.24, 2.45) is 0 Å². The molecule has 0 atom stereocenters. The van der Waals surface area contributed by atoms with Gasteiger partial charge in [0.1, 0.15) is 12.2 Å². The van der Waals surface area contributed by atoms with Gasteiger partial charge in [0.2, 0.25) is 0 Å². The van der Waals surface area contributed by atoms with Crippen LogP contribution in [0.15, 0.2) is 6.20 Å². The summed E-state index contributed by atoms with van der Waals surface area (Å²) in [5, 5.41) is 9.96. The van der Waals surface area contributed by atoms with Crippen LogP contribution in [-0.2, 0) is 20.7 Å². The van der Waals surface area contributed by atoms with Crippen molar-refractivity contribution in [3.8, 4) is 0 Å². The van der Waals surface area contributed by atoms with Crippen LogP contribution in [0.25, 0.3) is 0 Å². The van der Waals surface area contributed by atoms with Crippen molar-refractivity contribution in [3.63, 3.8) is 0 Å². The second kappa shape index (κ2) is 5.60. The van der Waals surface area contributed by atoms with Crippen LogP contribution in [0.3, 0.4) is 0 Å². The molecule has 0 aromatic carbocycles. The van der Waals surface area contributed by atoms with Gasteiger partial charge in [0.25, 0.3) is 0 Å². The molecule has 16 heavy (non-hydrogen) atoms. The second-order valence-electron chi connectivity index (χ2n) is 4.35. The fourth-order valence-corrected chi connectivity index (χ4v) is 1.05. The van der Waals surface area contributed by atoms with Crippen LogP contribution in [-0.4, -0.2) is 40.2 Å². The molecule has 0 aliphatic heterocycles. The average Bonchev–Trinajstić information content (AvgIpc) is 2.62. The molecule has 0 amide bonds. The first-order valence-electron chi connectivity index (χ1n) is 5.12. The molecule has 0 radical (unpaired) electrons. The minimum atomic E-state index is -0.466. The molecule has 0 saturated carbocycles. The van der Waals surface area contributed by atoms with E-state index in [-0.39, 0.29) is 12.6 Å². The van der Waals surface area contributed by atoms with Gasteiger partial charge in [0.15, 0.2) is 0 Å². The summed E-state index contributed by atoms with van der Waals surface area (Å²) in [6.07, 6.45) is 2.32. The second-order valence-corrected chi connectivity index (χ2v) is 4.35. The average molecular weight is 227 g/mol. The summed E-state index contributed by atoms with van der Waals surface area (Å²) in [6.45, 7) is 5.85. The van der Waals surface area contributed by atoms with Gasteiger partial charge in [-0.25, -0.2) is 4.79 Å². The third kappa shape index (κ3) is 5.45. The zero-order valence-corrected chi connectivity index (χ0v) is 9.82. The van der Waals surface area contributed by atoms with E-state index in [0.717, 1.165) is 5.69 Å². The lowest BCUT2D eigenvalue weighted by molar-refractivity contribution is -0.160. The van der Waals surface area contributed by atoms with Crippen molar-refractivity contribution < 1.29 is 14.3 Å². The monoisotopic (exact) mass is 227 g/mol. The molecule has 1 heterocycles. The minimum absolute atomic E-state index is 0.0326. The van der Waals surface area contributed by atoms with Crippen LogP contribution in [0, 0.1) is 0 Å². The maximum Gasteiger partial charge on any atom is 0.332 e. The molecule has 0 unspecified atom stereocenters. The molecule has 6 heteroatoms. The van der Waals surface area contributed by atoms with E-state index in [4.69, 9.17) is 9.47 Å². The van der Waals surface area contributed by atoms with E-state index in [1.54, 1.807) is 6.20 Å². The highest BCUT2D eigenvalue weighted by Crippen LogP contribution is 2.06. The van der Waals surface area contributed by atoms with Gasteiger partial charge in [-0.05, 0) is 20.8 Å². The summed E-state index contributed by atoms with van der Waals surface area (Å²) >= 11 is 0. The van der Waals surface area contributed by atoms with Crippen molar-refractivity contribution >= 4 is 5.97 Å². The number of carbonyl (C=O) groups excluding carboxylic acids is 1. The number of hydrogen-bond acceptors (Lipinski definition) is 5. The van der Waals surface area contributed by atoms with Crippen LogP contribution < -0.4 is 0 Å². The molecule has 1 aromatic heterocycles. The quantitative estimate of drug-likeness (QED) is 0.592. The Morgan fingerprint density at radius 1 is 1.50 bits per heavy atom. The fourth-order valence-electron chi connectivity index (χ4n) is 1.05. The van der Waals surface area contributed by atoms with Crippen LogP contribution in [0.4, 0.5) is 0 Å². The van der Waals surface area contributed by atoms with Gasteiger partial charge in [-0.3, -0.25) is 5.10 Å². The van der Waals surface area contributed by atoms with Crippen molar-refractivity contribution in [3.05, 3.63) is 11.9 Å². The maximum absolute atomic E-state index is 11.2. The van der Waals surface area contributed by atoms with Crippen molar-refractivity contribution in [2.45, 2.75) is 32.8 Å². The lowest BCUT2D eigenvalue weighted by Gasteiger charge is -2.19. The number of aromatic amines is 1. The number of aromatic nitrogens is 3. The Hall–Kier alpha value is -1.43. The maximum atomic E-state index is 11.2. The third-order valence-corrected chi connectivity index (χ3v) is 1.61. The standard InChI is InChI=1S/C10H17N3O3/c1-10(2,3)16-9(14)7-15-5-4-8-6-11-13-12-8/h6H,4-5,7H2,1-3H3,(H,11,12,13). The van der Waals surface area contributed by atoms with Gasteiger partial charge in [-0.1, -0.05) is 5.21 Å². The smallest absolute Gasteiger partial charge is 0.332 e. The van der Waals surface area contributed by atoms with Gasteiger partial charge in [0.05, 0.1) is 12.3 Å². The zero-order valence-electron chi connectivity index (χ0n) is 9.82. The molecular formula is C10H17N3O3. The molecule has 0 aliphatic rings. The first-order chi connectivity index (χ1) is 7.47. The topological polar surface area (TPSA) is 77.1 Å². The summed E-state index contributed by atoms with van der Waals surface area (Å²) in [7, 11) is 0. The summed E-state index contributed by atoms with van der Waals surface area (Å²) in [4.78, 5) is 11.2. The molecule has 1 rings (SSSR count). The van der Waals surface area contributed by atoms with Crippen molar-refractivity contribution in [1.29, 1.82) is 0 Å². The highest BCUT2D eigenvalue weighted by molar-refractivity contribution is 5.71. The summed E-state index contributed by atoms with van der Waals surface area (Å²) < 4.78 is 10.2. The van der Waals surface area contributed by atoms with Crippen molar-refractivity contribution in [1.82, 2.24) is 15.4 Å². The predicted octanol–water partition coefficient (Wildman–Crippen LogP) is 0.705. The number of H-pyrrole nitrogens is 1. The Kier molecular flexibility index (Phi) is 4.42. The van der Waals surface area contributed by atoms with Gasteiger partial charge >= 0.3 is 5.97 Å². The Morgan fingerprint density at radius 2 is 2.25 bits per heavy atom. The summed E-state index contributed by atoms with van der Waals surface area (Å²) in [6, 6.07) is 0. The van der Waals surface area contributed by atoms with E-state index in [1.807, 2.05) is 20.8 Å². The number of nitrogens with one attached hydrogen (secondary N) is 1. The molecule has 6 nitrogen and oxygen atoms in total. The first-order valence-corrected chi connectivity index (χ1v) is 5.12. The van der Waals surface area contributed by atoms with Crippen LogP contribution >= 0.6 is 0 Å². The SMILES string of the molecule is CC(C)(C)OC(=O)COCCc1c[nH]nn1. The largest absolute Gasteiger partial charge is 0.458 e. The lowest BCUT2D eigenvalue weighted by atomic mass is 10.2. The molecule has 90 valence electrons. The number of nitrogens with zero attached hydrogens (tertiary/aromatic N) is 2. The van der Waals surface area contributed by atoms with Crippen LogP contribution in [0.5, 0.6) is 0 Å². The normalized spacial score (nSPS) is 11.4. The first kappa shape index (κ1) is 12.6. The Labute approximate surface area is 94.3 Å². The van der Waals surface area contributed by atoms with E-state index in [9.17, 15) is 4.79 Å². The summed E-state index contributed by atoms with van der Waals surface area (Å²) in [5.41, 5.74) is 0.344. The molecule has 0 bridgehead atoms. The van der Waals surface area contributed by atoms with Gasteiger partial charge in [-0.2, -0.15) is 0 Å². The lowest BCUT2D eigenvalue weighted by Crippen LogP contribution is -2.26. The fraction of sp³-hybridized carbons (Fsp3) is 0.700. The van der Waals surface area contributed by atoms with E-state index in [0.29, 0.717) is 13.0 Å². The molecule has 0 spiro atoms. The number of esters is 1. The molecule has 0 saturated heterocycles. The number of rotatable bonds is 5. The summed E-state index contributed by atoms with van der Waals surface area (Å²) in [5.74, 6) is -0.354. The number of carbonyl (C=O) groups is 1. The van der Waals surface area contributed by atoms with Gasteiger partial charge < -0.3 is 9.47 Å². The molecular weight excluding hydrogens is 210 g/mol. The van der Waals surface area contributed by atoms with Gasteiger partial charge in [0, 0.05) is 12.6 Å².